The van der Waals surface area contributed by atoms with Crippen molar-refractivity contribution >= 4 is 15.6 Å². The second-order valence-electron chi connectivity index (χ2n) is 5.41. The van der Waals surface area contributed by atoms with Crippen LogP contribution in [0.1, 0.15) is 27.7 Å². The molecule has 0 radical (unpaired) electrons. The van der Waals surface area contributed by atoms with Gasteiger partial charge in [0.25, 0.3) is 0 Å². The standard InChI is InChI=1S/C14H25N3OS/c1-11(2)10-16-19(18,17(5)12(3)4)14-8-6-7-13(15)9-14/h6-9,11-12H,10,15H2,1-5H3. The zero-order valence-electron chi connectivity index (χ0n) is 12.5. The Hall–Kier alpha value is -1.07. The fraction of sp³-hybridized carbons (Fsp3) is 0.571. The Morgan fingerprint density at radius 1 is 1.32 bits per heavy atom. The monoisotopic (exact) mass is 283 g/mol. The van der Waals surface area contributed by atoms with Gasteiger partial charge in [-0.3, -0.25) is 0 Å². The summed E-state index contributed by atoms with van der Waals surface area (Å²) in [5, 5.41) is 0. The van der Waals surface area contributed by atoms with Gasteiger partial charge in [-0.25, -0.2) is 12.9 Å². The lowest BCUT2D eigenvalue weighted by Crippen LogP contribution is -2.33. The summed E-state index contributed by atoms with van der Waals surface area (Å²) in [4.78, 5) is 0.685. The Morgan fingerprint density at radius 2 is 1.95 bits per heavy atom. The van der Waals surface area contributed by atoms with Crippen LogP contribution in [-0.2, 0) is 9.92 Å². The molecule has 1 aromatic rings. The highest BCUT2D eigenvalue weighted by Gasteiger charge is 2.21. The van der Waals surface area contributed by atoms with Gasteiger partial charge in [0.05, 0.1) is 11.4 Å². The molecular weight excluding hydrogens is 258 g/mol. The van der Waals surface area contributed by atoms with Crippen molar-refractivity contribution in [3.63, 3.8) is 0 Å². The van der Waals surface area contributed by atoms with Gasteiger partial charge in [-0.15, -0.1) is 0 Å². The first-order chi connectivity index (χ1) is 8.77. The van der Waals surface area contributed by atoms with Crippen LogP contribution in [0.3, 0.4) is 0 Å². The van der Waals surface area contributed by atoms with E-state index in [9.17, 15) is 4.21 Å². The van der Waals surface area contributed by atoms with Crippen LogP contribution in [0, 0.1) is 5.92 Å². The first kappa shape index (κ1) is 16.0. The molecule has 0 heterocycles. The van der Waals surface area contributed by atoms with E-state index in [4.69, 9.17) is 5.73 Å². The first-order valence-corrected chi connectivity index (χ1v) is 8.06. The minimum atomic E-state index is -2.58. The molecule has 1 unspecified atom stereocenters. The molecule has 0 saturated heterocycles. The van der Waals surface area contributed by atoms with Gasteiger partial charge in [-0.05, 0) is 38.0 Å². The van der Waals surface area contributed by atoms with Gasteiger partial charge >= 0.3 is 0 Å². The van der Waals surface area contributed by atoms with Crippen LogP contribution in [0.25, 0.3) is 0 Å². The van der Waals surface area contributed by atoms with Crippen molar-refractivity contribution in [1.82, 2.24) is 4.31 Å². The largest absolute Gasteiger partial charge is 0.399 e. The smallest absolute Gasteiger partial charge is 0.139 e. The minimum absolute atomic E-state index is 0.143. The maximum atomic E-state index is 13.3. The number of nitrogens with zero attached hydrogens (tertiary/aromatic N) is 2. The summed E-state index contributed by atoms with van der Waals surface area (Å²) in [6, 6.07) is 7.35. The third-order valence-corrected chi connectivity index (χ3v) is 5.47. The molecule has 0 aliphatic rings. The zero-order chi connectivity index (χ0) is 14.6. The molecule has 1 atom stereocenters. The molecule has 0 aromatic heterocycles. The third kappa shape index (κ3) is 3.94. The van der Waals surface area contributed by atoms with Crippen molar-refractivity contribution in [2.75, 3.05) is 19.3 Å². The topological polar surface area (TPSA) is 58.7 Å². The Bertz CT molecular complexity index is 531. The predicted molar refractivity (Wildman–Crippen MR) is 82.3 cm³/mol. The second-order valence-corrected chi connectivity index (χ2v) is 7.71. The molecule has 108 valence electrons. The van der Waals surface area contributed by atoms with Gasteiger partial charge in [0, 0.05) is 18.8 Å². The molecular formula is C14H25N3OS. The molecule has 0 aliphatic heterocycles. The van der Waals surface area contributed by atoms with Crippen molar-refractivity contribution in [2.45, 2.75) is 38.6 Å². The minimum Gasteiger partial charge on any atom is -0.399 e. The fourth-order valence-electron chi connectivity index (χ4n) is 1.55. The highest BCUT2D eigenvalue weighted by atomic mass is 32.2. The molecule has 1 rings (SSSR count). The van der Waals surface area contributed by atoms with E-state index in [-0.39, 0.29) is 6.04 Å². The average molecular weight is 283 g/mol. The van der Waals surface area contributed by atoms with Crippen molar-refractivity contribution in [3.8, 4) is 0 Å². The molecule has 0 fully saturated rings. The van der Waals surface area contributed by atoms with Gasteiger partial charge < -0.3 is 5.73 Å². The van der Waals surface area contributed by atoms with E-state index in [0.29, 0.717) is 23.0 Å². The number of nitrogens with two attached hydrogens (primary N) is 1. The molecule has 5 heteroatoms. The molecule has 19 heavy (non-hydrogen) atoms. The maximum absolute atomic E-state index is 13.3. The predicted octanol–water partition coefficient (Wildman–Crippen LogP) is 3.01. The first-order valence-electron chi connectivity index (χ1n) is 6.59. The van der Waals surface area contributed by atoms with Crippen LogP contribution in [0.15, 0.2) is 33.5 Å². The summed E-state index contributed by atoms with van der Waals surface area (Å²) in [5.41, 5.74) is 6.41. The quantitative estimate of drug-likeness (QED) is 0.844. The highest BCUT2D eigenvalue weighted by molar-refractivity contribution is 7.91. The van der Waals surface area contributed by atoms with Gasteiger partial charge in [0.15, 0.2) is 0 Å². The number of rotatable bonds is 5. The van der Waals surface area contributed by atoms with Gasteiger partial charge in [-0.1, -0.05) is 19.9 Å². The van der Waals surface area contributed by atoms with E-state index in [1.54, 1.807) is 12.1 Å². The van der Waals surface area contributed by atoms with Crippen LogP contribution in [0.4, 0.5) is 5.69 Å². The Morgan fingerprint density at radius 3 is 2.42 bits per heavy atom. The number of hydrogen-bond donors (Lipinski definition) is 1. The van der Waals surface area contributed by atoms with E-state index >= 15 is 0 Å². The average Bonchev–Trinajstić information content (AvgIpc) is 2.34. The van der Waals surface area contributed by atoms with E-state index in [0.717, 1.165) is 0 Å². The van der Waals surface area contributed by atoms with Crippen molar-refractivity contribution < 1.29 is 4.21 Å². The van der Waals surface area contributed by atoms with Crippen LogP contribution in [-0.4, -0.2) is 28.1 Å². The summed E-state index contributed by atoms with van der Waals surface area (Å²) >= 11 is 0. The Labute approximate surface area is 117 Å². The van der Waals surface area contributed by atoms with Crippen molar-refractivity contribution in [3.05, 3.63) is 24.3 Å². The lowest BCUT2D eigenvalue weighted by Gasteiger charge is -2.26. The number of hydrogen-bond acceptors (Lipinski definition) is 3. The van der Waals surface area contributed by atoms with Crippen LogP contribution in [0.5, 0.6) is 0 Å². The third-order valence-electron chi connectivity index (χ3n) is 2.90. The Kier molecular flexibility index (Phi) is 5.38. The molecule has 0 spiro atoms. The number of benzene rings is 1. The van der Waals surface area contributed by atoms with Gasteiger partial charge in [0.1, 0.15) is 9.92 Å². The van der Waals surface area contributed by atoms with Crippen LogP contribution >= 0.6 is 0 Å². The summed E-state index contributed by atoms with van der Waals surface area (Å²) in [5.74, 6) is 0.377. The van der Waals surface area contributed by atoms with Crippen LogP contribution < -0.4 is 5.73 Å². The molecule has 0 amide bonds. The van der Waals surface area contributed by atoms with Crippen molar-refractivity contribution in [2.24, 2.45) is 10.3 Å². The summed E-state index contributed by atoms with van der Waals surface area (Å²) < 4.78 is 19.6. The van der Waals surface area contributed by atoms with Crippen LogP contribution in [0.2, 0.25) is 0 Å². The van der Waals surface area contributed by atoms with E-state index < -0.39 is 9.92 Å². The second kappa shape index (κ2) is 6.39. The lowest BCUT2D eigenvalue weighted by atomic mass is 10.2. The molecule has 0 aliphatic carbocycles. The Balaban J connectivity index is 3.35. The summed E-state index contributed by atoms with van der Waals surface area (Å²) in [6.07, 6.45) is 0. The summed E-state index contributed by atoms with van der Waals surface area (Å²) in [7, 11) is -0.738. The zero-order valence-corrected chi connectivity index (χ0v) is 13.3. The SMILES string of the molecule is CC(C)CN=S(=O)(c1cccc(N)c1)N(C)C(C)C. The van der Waals surface area contributed by atoms with Gasteiger partial charge in [-0.2, -0.15) is 0 Å². The summed E-state index contributed by atoms with van der Waals surface area (Å²) in [6.45, 7) is 8.73. The van der Waals surface area contributed by atoms with E-state index in [1.807, 2.05) is 37.3 Å². The number of nitrogen functional groups attached to an aromatic ring is 1. The van der Waals surface area contributed by atoms with E-state index in [1.165, 1.54) is 0 Å². The van der Waals surface area contributed by atoms with Gasteiger partial charge in [0.2, 0.25) is 0 Å². The van der Waals surface area contributed by atoms with Crippen molar-refractivity contribution in [1.29, 1.82) is 0 Å². The molecule has 0 saturated carbocycles. The number of anilines is 1. The fourth-order valence-corrected chi connectivity index (χ4v) is 3.83. The lowest BCUT2D eigenvalue weighted by molar-refractivity contribution is 0.435. The maximum Gasteiger partial charge on any atom is 0.139 e. The normalized spacial score (nSPS) is 14.9. The molecule has 0 bridgehead atoms. The highest BCUT2D eigenvalue weighted by Crippen LogP contribution is 2.22. The molecule has 4 nitrogen and oxygen atoms in total. The van der Waals surface area contributed by atoms with E-state index in [2.05, 4.69) is 18.2 Å². The molecule has 2 N–H and O–H groups in total. The molecule has 1 aromatic carbocycles.